The fourth-order valence-corrected chi connectivity index (χ4v) is 2.98. The van der Waals surface area contributed by atoms with E-state index in [0.717, 1.165) is 12.1 Å². The number of hydrogen-bond donors (Lipinski definition) is 3. The number of hydrogen-bond acceptors (Lipinski definition) is 4. The molecule has 2 aromatic rings. The number of nitrogens with zero attached hydrogens (tertiary/aromatic N) is 1. The summed E-state index contributed by atoms with van der Waals surface area (Å²) in [6, 6.07) is 3.30. The van der Waals surface area contributed by atoms with E-state index in [4.69, 9.17) is 5.11 Å². The van der Waals surface area contributed by atoms with Crippen LogP contribution in [0.5, 0.6) is 0 Å². The van der Waals surface area contributed by atoms with E-state index in [-0.39, 0.29) is 6.42 Å². The van der Waals surface area contributed by atoms with E-state index < -0.39 is 32.7 Å². The monoisotopic (exact) mass is 313 g/mol. The summed E-state index contributed by atoms with van der Waals surface area (Å²) in [5, 5.41) is 9.10. The Morgan fingerprint density at radius 1 is 1.43 bits per heavy atom. The van der Waals surface area contributed by atoms with Crippen molar-refractivity contribution in [2.24, 2.45) is 0 Å². The summed E-state index contributed by atoms with van der Waals surface area (Å²) in [6.45, 7) is 0. The predicted molar refractivity (Wildman–Crippen MR) is 70.4 cm³/mol. The number of rotatable bonds is 6. The quantitative estimate of drug-likeness (QED) is 0.720. The minimum Gasteiger partial charge on any atom is -0.480 e. The van der Waals surface area contributed by atoms with Crippen molar-refractivity contribution in [3.63, 3.8) is 0 Å². The van der Waals surface area contributed by atoms with Crippen LogP contribution < -0.4 is 4.72 Å². The second kappa shape index (κ2) is 6.02. The number of halogens is 1. The third-order valence-corrected chi connectivity index (χ3v) is 4.21. The number of carboxylic acid groups (broad SMARTS) is 1. The molecule has 9 heteroatoms. The van der Waals surface area contributed by atoms with Crippen molar-refractivity contribution >= 4 is 16.0 Å². The Bertz CT molecular complexity index is 731. The van der Waals surface area contributed by atoms with Gasteiger partial charge in [-0.15, -0.1) is 0 Å². The highest BCUT2D eigenvalue weighted by molar-refractivity contribution is 7.89. The molecule has 1 aromatic heterocycles. The Morgan fingerprint density at radius 2 is 2.14 bits per heavy atom. The molecule has 1 heterocycles. The van der Waals surface area contributed by atoms with Crippen LogP contribution in [0.4, 0.5) is 4.39 Å². The molecule has 1 aromatic carbocycles. The Morgan fingerprint density at radius 3 is 2.71 bits per heavy atom. The highest BCUT2D eigenvalue weighted by atomic mass is 32.2. The third kappa shape index (κ3) is 3.64. The lowest BCUT2D eigenvalue weighted by atomic mass is 10.2. The molecule has 7 nitrogen and oxygen atoms in total. The van der Waals surface area contributed by atoms with Gasteiger partial charge in [0, 0.05) is 18.3 Å². The molecule has 0 aliphatic rings. The van der Waals surface area contributed by atoms with Crippen LogP contribution in [0.3, 0.4) is 0 Å². The number of H-pyrrole nitrogens is 1. The van der Waals surface area contributed by atoms with Gasteiger partial charge in [0.25, 0.3) is 0 Å². The zero-order valence-electron chi connectivity index (χ0n) is 10.7. The van der Waals surface area contributed by atoms with Crippen molar-refractivity contribution in [1.82, 2.24) is 14.7 Å². The van der Waals surface area contributed by atoms with Crippen LogP contribution in [-0.4, -0.2) is 35.5 Å². The van der Waals surface area contributed by atoms with E-state index >= 15 is 0 Å². The summed E-state index contributed by atoms with van der Waals surface area (Å²) in [5.41, 5.74) is 0.443. The molecule has 3 N–H and O–H groups in total. The average molecular weight is 313 g/mol. The number of aromatic amines is 1. The van der Waals surface area contributed by atoms with Gasteiger partial charge < -0.3 is 10.1 Å². The van der Waals surface area contributed by atoms with Gasteiger partial charge in [0.1, 0.15) is 16.8 Å². The molecule has 0 radical (unpaired) electrons. The molecule has 0 aliphatic heterocycles. The number of carbonyl (C=O) groups is 1. The van der Waals surface area contributed by atoms with Gasteiger partial charge in [-0.1, -0.05) is 12.1 Å². The van der Waals surface area contributed by atoms with E-state index in [0.29, 0.717) is 5.69 Å². The molecule has 0 saturated heterocycles. The summed E-state index contributed by atoms with van der Waals surface area (Å²) in [6.07, 6.45) is 2.59. The molecule has 0 unspecified atom stereocenters. The van der Waals surface area contributed by atoms with Crippen LogP contribution in [0.15, 0.2) is 41.7 Å². The van der Waals surface area contributed by atoms with Crippen LogP contribution >= 0.6 is 0 Å². The number of sulfonamides is 1. The van der Waals surface area contributed by atoms with E-state index in [2.05, 4.69) is 9.97 Å². The summed E-state index contributed by atoms with van der Waals surface area (Å²) in [4.78, 5) is 17.0. The van der Waals surface area contributed by atoms with Gasteiger partial charge in [-0.05, 0) is 12.1 Å². The first-order valence-corrected chi connectivity index (χ1v) is 7.35. The largest absolute Gasteiger partial charge is 0.480 e. The highest BCUT2D eigenvalue weighted by Crippen LogP contribution is 2.14. The van der Waals surface area contributed by atoms with Crippen LogP contribution in [0.2, 0.25) is 0 Å². The smallest absolute Gasteiger partial charge is 0.322 e. The van der Waals surface area contributed by atoms with Crippen molar-refractivity contribution in [3.05, 3.63) is 48.3 Å². The molecule has 0 aliphatic carbocycles. The fraction of sp³-hybridized carbons (Fsp3) is 0.167. The Balaban J connectivity index is 2.24. The number of carboxylic acids is 1. The number of aromatic nitrogens is 2. The van der Waals surface area contributed by atoms with Crippen molar-refractivity contribution < 1.29 is 22.7 Å². The summed E-state index contributed by atoms with van der Waals surface area (Å²) < 4.78 is 39.6. The number of imidazole rings is 1. The zero-order valence-corrected chi connectivity index (χ0v) is 11.5. The standard InChI is InChI=1S/C12H12FN3O4S/c13-9-3-1-2-4-11(9)21(19,20)16-10(12(17)18)5-8-6-14-7-15-8/h1-4,6-7,10,16H,5H2,(H,14,15)(H,17,18)/t10-/m1/s1. The normalized spacial score (nSPS) is 13.0. The van der Waals surface area contributed by atoms with Crippen molar-refractivity contribution in [2.45, 2.75) is 17.4 Å². The summed E-state index contributed by atoms with van der Waals surface area (Å²) >= 11 is 0. The first-order chi connectivity index (χ1) is 9.90. The van der Waals surface area contributed by atoms with Crippen LogP contribution in [0, 0.1) is 5.82 Å². The first kappa shape index (κ1) is 15.1. The van der Waals surface area contributed by atoms with E-state index in [1.165, 1.54) is 24.7 Å². The van der Waals surface area contributed by atoms with Gasteiger partial charge in [-0.2, -0.15) is 4.72 Å². The van der Waals surface area contributed by atoms with Gasteiger partial charge in [0.2, 0.25) is 10.0 Å². The average Bonchev–Trinajstić information content (AvgIpc) is 2.91. The maximum absolute atomic E-state index is 13.5. The fourth-order valence-electron chi connectivity index (χ4n) is 1.71. The molecule has 0 saturated carbocycles. The maximum Gasteiger partial charge on any atom is 0.322 e. The zero-order chi connectivity index (χ0) is 15.5. The molecular formula is C12H12FN3O4S. The second-order valence-electron chi connectivity index (χ2n) is 4.22. The third-order valence-electron chi connectivity index (χ3n) is 2.70. The van der Waals surface area contributed by atoms with Crippen molar-refractivity contribution in [2.75, 3.05) is 0 Å². The lowest BCUT2D eigenvalue weighted by Gasteiger charge is -2.14. The van der Waals surface area contributed by atoms with E-state index in [9.17, 15) is 17.6 Å². The SMILES string of the molecule is O=C(O)[C@@H](Cc1cnc[nH]1)NS(=O)(=O)c1ccccc1F. The topological polar surface area (TPSA) is 112 Å². The van der Waals surface area contributed by atoms with E-state index in [1.54, 1.807) is 0 Å². The second-order valence-corrected chi connectivity index (χ2v) is 5.91. The number of benzene rings is 1. The molecule has 0 amide bonds. The van der Waals surface area contributed by atoms with Crippen LogP contribution in [0.25, 0.3) is 0 Å². The number of aliphatic carboxylic acids is 1. The number of nitrogens with one attached hydrogen (secondary N) is 2. The Kier molecular flexibility index (Phi) is 4.34. The lowest BCUT2D eigenvalue weighted by molar-refractivity contribution is -0.138. The molecule has 112 valence electrons. The molecule has 21 heavy (non-hydrogen) atoms. The van der Waals surface area contributed by atoms with Gasteiger partial charge in [-0.25, -0.2) is 17.8 Å². The van der Waals surface area contributed by atoms with Crippen molar-refractivity contribution in [3.8, 4) is 0 Å². The summed E-state index contributed by atoms with van der Waals surface area (Å²) in [7, 11) is -4.28. The van der Waals surface area contributed by atoms with Crippen molar-refractivity contribution in [1.29, 1.82) is 0 Å². The van der Waals surface area contributed by atoms with Crippen LogP contribution in [-0.2, 0) is 21.2 Å². The minimum atomic E-state index is -4.28. The molecule has 2 rings (SSSR count). The molecule has 1 atom stereocenters. The highest BCUT2D eigenvalue weighted by Gasteiger charge is 2.27. The Hall–Kier alpha value is -2.26. The van der Waals surface area contributed by atoms with Gasteiger partial charge in [-0.3, -0.25) is 4.79 Å². The summed E-state index contributed by atoms with van der Waals surface area (Å²) in [5.74, 6) is -2.32. The molecule has 0 spiro atoms. The molecule has 0 fully saturated rings. The van der Waals surface area contributed by atoms with Crippen LogP contribution in [0.1, 0.15) is 5.69 Å². The van der Waals surface area contributed by atoms with Gasteiger partial charge in [0.15, 0.2) is 0 Å². The minimum absolute atomic E-state index is 0.136. The molecule has 0 bridgehead atoms. The lowest BCUT2D eigenvalue weighted by Crippen LogP contribution is -2.42. The van der Waals surface area contributed by atoms with Gasteiger partial charge >= 0.3 is 5.97 Å². The molecular weight excluding hydrogens is 301 g/mol. The van der Waals surface area contributed by atoms with Gasteiger partial charge in [0.05, 0.1) is 6.33 Å². The maximum atomic E-state index is 13.5. The Labute approximate surface area is 119 Å². The predicted octanol–water partition coefficient (Wildman–Crippen LogP) is 0.523. The first-order valence-electron chi connectivity index (χ1n) is 5.87. The van der Waals surface area contributed by atoms with E-state index in [1.807, 2.05) is 4.72 Å².